The SMILES string of the molecule is COc1ccc2c(c1)CCN(C1CCN(c3cc(C(=O)N4CCc5cc(C)ccc54)cc(Cl)n3)CC1)C(=O)N2. The summed E-state index contributed by atoms with van der Waals surface area (Å²) in [4.78, 5) is 37.1. The summed E-state index contributed by atoms with van der Waals surface area (Å²) in [6.07, 6.45) is 3.24. The summed E-state index contributed by atoms with van der Waals surface area (Å²) >= 11 is 6.42. The van der Waals surface area contributed by atoms with Crippen LogP contribution in [0.4, 0.5) is 22.0 Å². The summed E-state index contributed by atoms with van der Waals surface area (Å²) in [5, 5.41) is 3.38. The average Bonchev–Trinajstić information content (AvgIpc) is 3.28. The summed E-state index contributed by atoms with van der Waals surface area (Å²) in [5.41, 5.74) is 5.84. The van der Waals surface area contributed by atoms with Gasteiger partial charge in [0.05, 0.1) is 7.11 Å². The molecule has 3 aliphatic rings. The van der Waals surface area contributed by atoms with Crippen molar-refractivity contribution in [2.24, 2.45) is 0 Å². The number of pyridine rings is 1. The molecule has 3 amide bonds. The van der Waals surface area contributed by atoms with Crippen molar-refractivity contribution in [1.29, 1.82) is 0 Å². The third-order valence-electron chi connectivity index (χ3n) is 8.07. The molecule has 0 radical (unpaired) electrons. The number of anilines is 3. The molecule has 202 valence electrons. The van der Waals surface area contributed by atoms with Crippen LogP contribution in [0.1, 0.15) is 39.9 Å². The van der Waals surface area contributed by atoms with Crippen LogP contribution in [0.3, 0.4) is 0 Å². The number of methoxy groups -OCH3 is 1. The molecule has 8 nitrogen and oxygen atoms in total. The zero-order valence-corrected chi connectivity index (χ0v) is 23.0. The van der Waals surface area contributed by atoms with Crippen LogP contribution in [0.5, 0.6) is 5.75 Å². The number of benzene rings is 2. The van der Waals surface area contributed by atoms with Gasteiger partial charge in [-0.1, -0.05) is 29.3 Å². The van der Waals surface area contributed by atoms with Crippen molar-refractivity contribution in [3.8, 4) is 5.75 Å². The first-order chi connectivity index (χ1) is 18.9. The monoisotopic (exact) mass is 545 g/mol. The van der Waals surface area contributed by atoms with Gasteiger partial charge in [0.1, 0.15) is 16.7 Å². The van der Waals surface area contributed by atoms with E-state index in [9.17, 15) is 9.59 Å². The first-order valence-electron chi connectivity index (χ1n) is 13.5. The van der Waals surface area contributed by atoms with E-state index in [4.69, 9.17) is 16.3 Å². The van der Waals surface area contributed by atoms with E-state index >= 15 is 0 Å². The van der Waals surface area contributed by atoms with Crippen molar-refractivity contribution >= 4 is 40.7 Å². The Balaban J connectivity index is 1.13. The van der Waals surface area contributed by atoms with Gasteiger partial charge in [-0.25, -0.2) is 9.78 Å². The lowest BCUT2D eigenvalue weighted by atomic mass is 10.0. The summed E-state index contributed by atoms with van der Waals surface area (Å²) in [6, 6.07) is 15.6. The van der Waals surface area contributed by atoms with Gasteiger partial charge in [0.25, 0.3) is 5.91 Å². The predicted octanol–water partition coefficient (Wildman–Crippen LogP) is 5.31. The third kappa shape index (κ3) is 5.01. The van der Waals surface area contributed by atoms with E-state index in [0.29, 0.717) is 29.6 Å². The Labute approximate surface area is 233 Å². The van der Waals surface area contributed by atoms with Crippen LogP contribution >= 0.6 is 11.6 Å². The molecular weight excluding hydrogens is 514 g/mol. The fourth-order valence-corrected chi connectivity index (χ4v) is 6.18. The van der Waals surface area contributed by atoms with Gasteiger partial charge in [0, 0.05) is 49.2 Å². The summed E-state index contributed by atoms with van der Waals surface area (Å²) in [6.45, 7) is 4.83. The van der Waals surface area contributed by atoms with Crippen molar-refractivity contribution in [3.63, 3.8) is 0 Å². The number of aromatic nitrogens is 1. The van der Waals surface area contributed by atoms with Crippen LogP contribution in [0.15, 0.2) is 48.5 Å². The van der Waals surface area contributed by atoms with Gasteiger partial charge < -0.3 is 24.8 Å². The fraction of sp³-hybridized carbons (Fsp3) is 0.367. The number of aryl methyl sites for hydroxylation is 1. The number of rotatable bonds is 4. The van der Waals surface area contributed by atoms with E-state index in [1.54, 1.807) is 13.2 Å². The number of amides is 3. The number of urea groups is 1. The van der Waals surface area contributed by atoms with Crippen LogP contribution < -0.4 is 19.9 Å². The van der Waals surface area contributed by atoms with E-state index in [1.165, 1.54) is 11.1 Å². The van der Waals surface area contributed by atoms with Crippen molar-refractivity contribution < 1.29 is 14.3 Å². The van der Waals surface area contributed by atoms with Crippen molar-refractivity contribution in [2.75, 3.05) is 48.4 Å². The average molecular weight is 546 g/mol. The molecule has 0 unspecified atom stereocenters. The number of carbonyl (C=O) groups excluding carboxylic acids is 2. The molecule has 1 saturated heterocycles. The molecule has 3 aliphatic heterocycles. The van der Waals surface area contributed by atoms with E-state index in [1.807, 2.05) is 46.2 Å². The molecule has 0 spiro atoms. The van der Waals surface area contributed by atoms with Crippen molar-refractivity contribution in [1.82, 2.24) is 9.88 Å². The molecule has 6 rings (SSSR count). The Hall–Kier alpha value is -3.78. The molecule has 2 aromatic carbocycles. The van der Waals surface area contributed by atoms with Gasteiger partial charge in [-0.15, -0.1) is 0 Å². The highest BCUT2D eigenvalue weighted by molar-refractivity contribution is 6.30. The molecule has 1 aromatic heterocycles. The van der Waals surface area contributed by atoms with Gasteiger partial charge in [-0.3, -0.25) is 4.79 Å². The van der Waals surface area contributed by atoms with Crippen LogP contribution in [0.25, 0.3) is 0 Å². The van der Waals surface area contributed by atoms with E-state index in [2.05, 4.69) is 28.2 Å². The van der Waals surface area contributed by atoms with Crippen molar-refractivity contribution in [2.45, 2.75) is 38.6 Å². The molecule has 0 saturated carbocycles. The molecule has 0 aliphatic carbocycles. The van der Waals surface area contributed by atoms with E-state index in [-0.39, 0.29) is 18.0 Å². The second kappa shape index (κ2) is 10.4. The smallest absolute Gasteiger partial charge is 0.322 e. The van der Waals surface area contributed by atoms with Crippen LogP contribution in [0, 0.1) is 6.92 Å². The molecular formula is C30H32ClN5O3. The molecule has 1 N–H and O–H groups in total. The number of fused-ring (bicyclic) bond motifs is 2. The maximum Gasteiger partial charge on any atom is 0.322 e. The van der Waals surface area contributed by atoms with Gasteiger partial charge >= 0.3 is 6.03 Å². The maximum atomic E-state index is 13.5. The highest BCUT2D eigenvalue weighted by Gasteiger charge is 2.31. The number of halogens is 1. The first-order valence-corrected chi connectivity index (χ1v) is 13.9. The zero-order valence-electron chi connectivity index (χ0n) is 22.2. The topological polar surface area (TPSA) is 78.0 Å². The number of hydrogen-bond acceptors (Lipinski definition) is 5. The summed E-state index contributed by atoms with van der Waals surface area (Å²) in [7, 11) is 1.65. The highest BCUT2D eigenvalue weighted by Crippen LogP contribution is 2.32. The van der Waals surface area contributed by atoms with Crippen LogP contribution in [-0.4, -0.2) is 61.2 Å². The van der Waals surface area contributed by atoms with Gasteiger partial charge in [-0.05, 0) is 80.1 Å². The number of piperidine rings is 1. The Morgan fingerprint density at radius 1 is 1.00 bits per heavy atom. The second-order valence-electron chi connectivity index (χ2n) is 10.5. The number of ether oxygens (including phenoxy) is 1. The lowest BCUT2D eigenvalue weighted by Crippen LogP contribution is -2.49. The number of hydrogen-bond donors (Lipinski definition) is 1. The molecule has 9 heteroatoms. The normalized spacial score (nSPS) is 17.4. The Morgan fingerprint density at radius 3 is 2.59 bits per heavy atom. The minimum absolute atomic E-state index is 0.0597. The largest absolute Gasteiger partial charge is 0.497 e. The quantitative estimate of drug-likeness (QED) is 0.449. The molecule has 4 heterocycles. The first kappa shape index (κ1) is 25.5. The molecule has 39 heavy (non-hydrogen) atoms. The zero-order chi connectivity index (χ0) is 27.1. The van der Waals surface area contributed by atoms with Gasteiger partial charge in [-0.2, -0.15) is 0 Å². The predicted molar refractivity (Wildman–Crippen MR) is 153 cm³/mol. The maximum absolute atomic E-state index is 13.5. The van der Waals surface area contributed by atoms with Crippen molar-refractivity contribution in [3.05, 3.63) is 75.9 Å². The van der Waals surface area contributed by atoms with Gasteiger partial charge in [0.15, 0.2) is 0 Å². The van der Waals surface area contributed by atoms with Crippen LogP contribution in [0.2, 0.25) is 5.15 Å². The Kier molecular flexibility index (Phi) is 6.81. The van der Waals surface area contributed by atoms with E-state index < -0.39 is 0 Å². The van der Waals surface area contributed by atoms with Gasteiger partial charge in [0.2, 0.25) is 0 Å². The number of nitrogens with one attached hydrogen (secondary N) is 1. The molecule has 1 fully saturated rings. The van der Waals surface area contributed by atoms with Crippen LogP contribution in [-0.2, 0) is 12.8 Å². The number of carbonyl (C=O) groups is 2. The fourth-order valence-electron chi connectivity index (χ4n) is 5.98. The second-order valence-corrected chi connectivity index (χ2v) is 10.9. The number of nitrogens with zero attached hydrogens (tertiary/aromatic N) is 4. The molecule has 0 bridgehead atoms. The molecule has 0 atom stereocenters. The standard InChI is InChI=1S/C30H32ClN5O3/c1-19-3-6-26-21(15-19)8-14-36(26)29(37)22-17-27(31)33-28(18-22)34-11-9-23(10-12-34)35-13-7-20-16-24(39-2)4-5-25(20)32-30(35)38/h3-6,15-18,23H,7-14H2,1-2H3,(H,32,38). The third-order valence-corrected chi connectivity index (χ3v) is 8.26. The highest BCUT2D eigenvalue weighted by atomic mass is 35.5. The minimum Gasteiger partial charge on any atom is -0.497 e. The lowest BCUT2D eigenvalue weighted by molar-refractivity contribution is 0.0989. The lowest BCUT2D eigenvalue weighted by Gasteiger charge is -2.38. The Bertz CT molecular complexity index is 1440. The molecule has 3 aromatic rings. The minimum atomic E-state index is -0.0628. The van der Waals surface area contributed by atoms with E-state index in [0.717, 1.165) is 61.5 Å². The summed E-state index contributed by atoms with van der Waals surface area (Å²) < 4.78 is 5.35. The Morgan fingerprint density at radius 2 is 1.79 bits per heavy atom. The summed E-state index contributed by atoms with van der Waals surface area (Å²) in [5.74, 6) is 1.43.